The average molecular weight is 432 g/mol. The fraction of sp³-hybridized carbons (Fsp3) is 0.368. The topological polar surface area (TPSA) is 62.1 Å². The number of benzene rings is 1. The number of urea groups is 1. The lowest BCUT2D eigenvalue weighted by molar-refractivity contribution is 0.177. The maximum atomic E-state index is 12.2. The van der Waals surface area contributed by atoms with Crippen LogP contribution in [-0.2, 0) is 4.74 Å². The van der Waals surface area contributed by atoms with Crippen molar-refractivity contribution in [2.24, 2.45) is 0 Å². The van der Waals surface area contributed by atoms with Crippen LogP contribution < -0.4 is 10.2 Å². The van der Waals surface area contributed by atoms with Gasteiger partial charge in [0.1, 0.15) is 0 Å². The number of piperazine rings is 1. The van der Waals surface area contributed by atoms with E-state index in [1.807, 2.05) is 23.1 Å². The number of halogens is 1. The summed E-state index contributed by atoms with van der Waals surface area (Å²) in [7, 11) is 1.63. The van der Waals surface area contributed by atoms with Crippen LogP contribution in [0.4, 0.5) is 10.6 Å². The van der Waals surface area contributed by atoms with Gasteiger partial charge in [-0.2, -0.15) is 0 Å². The van der Waals surface area contributed by atoms with Crippen LogP contribution in [0.3, 0.4) is 0 Å². The molecule has 0 aliphatic carbocycles. The standard InChI is InChI=1S/C19H22BrN5O2/c1-27-12-6-21-19(26)24-10-8-23(9-11-24)18-17-3-2-7-25(17)16-5-4-14(20)13-15(16)22-18/h2-5,7,13H,6,8-12H2,1H3,(H,21,26). The van der Waals surface area contributed by atoms with E-state index >= 15 is 0 Å². The molecule has 0 saturated carbocycles. The summed E-state index contributed by atoms with van der Waals surface area (Å²) in [6.07, 6.45) is 2.07. The number of aromatic nitrogens is 2. The molecule has 27 heavy (non-hydrogen) atoms. The number of hydrogen-bond acceptors (Lipinski definition) is 4. The van der Waals surface area contributed by atoms with Crippen LogP contribution >= 0.6 is 15.9 Å². The molecule has 4 rings (SSSR count). The number of fused-ring (bicyclic) bond motifs is 3. The van der Waals surface area contributed by atoms with Gasteiger partial charge in [-0.3, -0.25) is 0 Å². The van der Waals surface area contributed by atoms with E-state index in [0.717, 1.165) is 39.9 Å². The Labute approximate surface area is 166 Å². The Balaban J connectivity index is 1.55. The van der Waals surface area contributed by atoms with E-state index in [1.165, 1.54) is 0 Å². The predicted molar refractivity (Wildman–Crippen MR) is 109 cm³/mol. The number of hydrogen-bond donors (Lipinski definition) is 1. The Bertz CT molecular complexity index is 965. The zero-order valence-electron chi connectivity index (χ0n) is 15.2. The van der Waals surface area contributed by atoms with Gasteiger partial charge in [-0.15, -0.1) is 0 Å². The Morgan fingerprint density at radius 2 is 2.04 bits per heavy atom. The van der Waals surface area contributed by atoms with Gasteiger partial charge in [0.25, 0.3) is 0 Å². The van der Waals surface area contributed by atoms with E-state index in [2.05, 4.69) is 48.9 Å². The Morgan fingerprint density at radius 3 is 2.81 bits per heavy atom. The third kappa shape index (κ3) is 3.59. The third-order valence-corrected chi connectivity index (χ3v) is 5.34. The SMILES string of the molecule is COCCNC(=O)N1CCN(c2nc3cc(Br)ccc3n3cccc23)CC1. The molecule has 3 heterocycles. The fourth-order valence-electron chi connectivity index (χ4n) is 3.46. The molecule has 1 aromatic carbocycles. The lowest BCUT2D eigenvalue weighted by atomic mass is 10.2. The van der Waals surface area contributed by atoms with Crippen molar-refractivity contribution in [2.45, 2.75) is 0 Å². The summed E-state index contributed by atoms with van der Waals surface area (Å²) < 4.78 is 8.16. The Kier molecular flexibility index (Phi) is 5.18. The molecule has 0 unspecified atom stereocenters. The van der Waals surface area contributed by atoms with Crippen LogP contribution in [0.15, 0.2) is 41.0 Å². The molecule has 0 spiro atoms. The molecule has 0 radical (unpaired) electrons. The summed E-state index contributed by atoms with van der Waals surface area (Å²) in [6.45, 7) is 3.90. The Hall–Kier alpha value is -2.32. The second-order valence-electron chi connectivity index (χ2n) is 6.53. The normalized spacial score (nSPS) is 14.9. The molecule has 2 aromatic heterocycles. The van der Waals surface area contributed by atoms with Gasteiger partial charge in [-0.25, -0.2) is 9.78 Å². The highest BCUT2D eigenvalue weighted by Gasteiger charge is 2.23. The van der Waals surface area contributed by atoms with Gasteiger partial charge in [0, 0.05) is 50.5 Å². The maximum absolute atomic E-state index is 12.2. The molecule has 142 valence electrons. The molecule has 0 bridgehead atoms. The van der Waals surface area contributed by atoms with Crippen molar-refractivity contribution in [2.75, 3.05) is 51.3 Å². The van der Waals surface area contributed by atoms with Crippen LogP contribution in [-0.4, -0.2) is 66.8 Å². The Morgan fingerprint density at radius 1 is 1.22 bits per heavy atom. The number of ether oxygens (including phenoxy) is 1. The highest BCUT2D eigenvalue weighted by molar-refractivity contribution is 9.10. The first-order valence-electron chi connectivity index (χ1n) is 9.00. The summed E-state index contributed by atoms with van der Waals surface area (Å²) in [5.74, 6) is 0.963. The number of methoxy groups -OCH3 is 1. The number of nitrogens with one attached hydrogen (secondary N) is 1. The molecule has 8 heteroatoms. The first kappa shape index (κ1) is 18.1. The second-order valence-corrected chi connectivity index (χ2v) is 7.45. The summed E-state index contributed by atoms with van der Waals surface area (Å²) in [5.41, 5.74) is 3.11. The predicted octanol–water partition coefficient (Wildman–Crippen LogP) is 2.73. The summed E-state index contributed by atoms with van der Waals surface area (Å²) in [5, 5.41) is 2.88. The van der Waals surface area contributed by atoms with Gasteiger partial charge in [0.2, 0.25) is 0 Å². The van der Waals surface area contributed by atoms with E-state index in [0.29, 0.717) is 26.2 Å². The number of rotatable bonds is 4. The molecular formula is C19H22BrN5O2. The van der Waals surface area contributed by atoms with Crippen molar-refractivity contribution < 1.29 is 9.53 Å². The first-order chi connectivity index (χ1) is 13.2. The summed E-state index contributed by atoms with van der Waals surface area (Å²) in [6, 6.07) is 10.2. The number of anilines is 1. The molecule has 1 N–H and O–H groups in total. The van der Waals surface area contributed by atoms with Crippen molar-refractivity contribution in [3.05, 3.63) is 41.0 Å². The van der Waals surface area contributed by atoms with E-state index < -0.39 is 0 Å². The molecule has 1 saturated heterocycles. The van der Waals surface area contributed by atoms with Crippen molar-refractivity contribution in [3.63, 3.8) is 0 Å². The zero-order chi connectivity index (χ0) is 18.8. The van der Waals surface area contributed by atoms with Crippen LogP contribution in [0.2, 0.25) is 0 Å². The van der Waals surface area contributed by atoms with Crippen LogP contribution in [0, 0.1) is 0 Å². The summed E-state index contributed by atoms with van der Waals surface area (Å²) >= 11 is 3.53. The molecule has 7 nitrogen and oxygen atoms in total. The molecular weight excluding hydrogens is 410 g/mol. The van der Waals surface area contributed by atoms with E-state index in [9.17, 15) is 4.79 Å². The molecule has 2 amide bonds. The van der Waals surface area contributed by atoms with E-state index in [4.69, 9.17) is 9.72 Å². The lowest BCUT2D eigenvalue weighted by Gasteiger charge is -2.35. The minimum absolute atomic E-state index is 0.0325. The number of amides is 2. The quantitative estimate of drug-likeness (QED) is 0.645. The largest absolute Gasteiger partial charge is 0.383 e. The highest BCUT2D eigenvalue weighted by atomic mass is 79.9. The average Bonchev–Trinajstić information content (AvgIpc) is 3.17. The second kappa shape index (κ2) is 7.74. The van der Waals surface area contributed by atoms with Crippen LogP contribution in [0.25, 0.3) is 16.6 Å². The van der Waals surface area contributed by atoms with Crippen molar-refractivity contribution in [1.82, 2.24) is 19.6 Å². The smallest absolute Gasteiger partial charge is 0.317 e. The van der Waals surface area contributed by atoms with Gasteiger partial charge < -0.3 is 24.3 Å². The van der Waals surface area contributed by atoms with Crippen LogP contribution in [0.5, 0.6) is 0 Å². The van der Waals surface area contributed by atoms with Gasteiger partial charge in [-0.1, -0.05) is 15.9 Å². The lowest BCUT2D eigenvalue weighted by Crippen LogP contribution is -2.52. The molecule has 3 aromatic rings. The summed E-state index contributed by atoms with van der Waals surface area (Å²) in [4.78, 5) is 21.3. The maximum Gasteiger partial charge on any atom is 0.317 e. The number of carbonyl (C=O) groups excluding carboxylic acids is 1. The van der Waals surface area contributed by atoms with Gasteiger partial charge in [0.15, 0.2) is 5.82 Å². The van der Waals surface area contributed by atoms with Crippen molar-refractivity contribution in [1.29, 1.82) is 0 Å². The van der Waals surface area contributed by atoms with E-state index in [1.54, 1.807) is 7.11 Å². The third-order valence-electron chi connectivity index (χ3n) is 4.85. The monoisotopic (exact) mass is 431 g/mol. The number of nitrogens with zero attached hydrogens (tertiary/aromatic N) is 4. The molecule has 1 fully saturated rings. The van der Waals surface area contributed by atoms with Gasteiger partial charge >= 0.3 is 6.03 Å². The minimum atomic E-state index is -0.0325. The van der Waals surface area contributed by atoms with Crippen molar-refractivity contribution in [3.8, 4) is 0 Å². The zero-order valence-corrected chi connectivity index (χ0v) is 16.8. The van der Waals surface area contributed by atoms with Gasteiger partial charge in [0.05, 0.1) is 23.2 Å². The molecule has 1 aliphatic heterocycles. The number of carbonyl (C=O) groups is 1. The first-order valence-corrected chi connectivity index (χ1v) is 9.79. The van der Waals surface area contributed by atoms with Gasteiger partial charge in [-0.05, 0) is 30.3 Å². The minimum Gasteiger partial charge on any atom is -0.383 e. The molecule has 1 aliphatic rings. The van der Waals surface area contributed by atoms with Crippen LogP contribution in [0.1, 0.15) is 0 Å². The van der Waals surface area contributed by atoms with E-state index in [-0.39, 0.29) is 6.03 Å². The van der Waals surface area contributed by atoms with Crippen molar-refractivity contribution >= 4 is 44.3 Å². The highest BCUT2D eigenvalue weighted by Crippen LogP contribution is 2.27. The fourth-order valence-corrected chi connectivity index (χ4v) is 3.81. The molecule has 0 atom stereocenters.